The zero-order valence-electron chi connectivity index (χ0n) is 11.6. The van der Waals surface area contributed by atoms with Gasteiger partial charge in [-0.1, -0.05) is 6.07 Å². The fraction of sp³-hybridized carbons (Fsp3) is 0.200. The van der Waals surface area contributed by atoms with Crippen molar-refractivity contribution in [1.29, 1.82) is 0 Å². The Morgan fingerprint density at radius 3 is 3.05 bits per heavy atom. The van der Waals surface area contributed by atoms with E-state index >= 15 is 0 Å². The maximum Gasteiger partial charge on any atom is 0.225 e. The third-order valence-electron chi connectivity index (χ3n) is 3.09. The number of nitrogens with one attached hydrogen (secondary N) is 1. The Hall–Kier alpha value is -2.34. The van der Waals surface area contributed by atoms with Crippen LogP contribution in [0.4, 0.5) is 0 Å². The largest absolute Gasteiger partial charge is 0.463 e. The number of aryl methyl sites for hydroxylation is 1. The third-order valence-corrected chi connectivity index (χ3v) is 3.96. The van der Waals surface area contributed by atoms with Crippen LogP contribution in [0.25, 0.3) is 11.5 Å². The summed E-state index contributed by atoms with van der Waals surface area (Å²) in [6, 6.07) is 9.55. The van der Waals surface area contributed by atoms with Gasteiger partial charge in [0.15, 0.2) is 5.76 Å². The van der Waals surface area contributed by atoms with Gasteiger partial charge in [0, 0.05) is 11.9 Å². The number of amides is 1. The van der Waals surface area contributed by atoms with Gasteiger partial charge in [-0.15, -0.1) is 11.3 Å². The van der Waals surface area contributed by atoms with Crippen molar-refractivity contribution < 1.29 is 9.21 Å². The number of carbonyl (C=O) groups is 1. The molecule has 21 heavy (non-hydrogen) atoms. The van der Waals surface area contributed by atoms with Gasteiger partial charge in [-0.25, -0.2) is 0 Å². The first-order valence-electron chi connectivity index (χ1n) is 6.58. The van der Waals surface area contributed by atoms with Crippen molar-refractivity contribution in [3.8, 4) is 11.5 Å². The molecule has 1 amide bonds. The van der Waals surface area contributed by atoms with Crippen molar-refractivity contribution >= 4 is 17.2 Å². The van der Waals surface area contributed by atoms with Gasteiger partial charge in [0.1, 0.15) is 5.69 Å². The number of carbonyl (C=O) groups excluding carboxylic acids is 1. The zero-order valence-corrected chi connectivity index (χ0v) is 12.4. The number of aromatic nitrogens is 2. The normalized spacial score (nSPS) is 10.7. The third kappa shape index (κ3) is 3.22. The van der Waals surface area contributed by atoms with Crippen LogP contribution in [0.3, 0.4) is 0 Å². The fourth-order valence-electron chi connectivity index (χ4n) is 2.09. The zero-order chi connectivity index (χ0) is 14.7. The van der Waals surface area contributed by atoms with Gasteiger partial charge in [-0.05, 0) is 29.6 Å². The molecule has 3 heterocycles. The van der Waals surface area contributed by atoms with Crippen LogP contribution in [0.15, 0.2) is 46.4 Å². The van der Waals surface area contributed by atoms with Crippen LogP contribution in [0.2, 0.25) is 0 Å². The van der Waals surface area contributed by atoms with E-state index in [9.17, 15) is 4.79 Å². The first kappa shape index (κ1) is 13.6. The van der Waals surface area contributed by atoms with Crippen LogP contribution in [0.5, 0.6) is 0 Å². The van der Waals surface area contributed by atoms with E-state index in [1.165, 1.54) is 0 Å². The van der Waals surface area contributed by atoms with Crippen molar-refractivity contribution in [2.24, 2.45) is 7.05 Å². The molecule has 1 N–H and O–H groups in total. The number of nitrogens with zero attached hydrogens (tertiary/aromatic N) is 2. The summed E-state index contributed by atoms with van der Waals surface area (Å²) in [4.78, 5) is 12.9. The number of rotatable bonds is 5. The molecule has 3 aromatic rings. The summed E-state index contributed by atoms with van der Waals surface area (Å²) in [6.45, 7) is 0.415. The topological polar surface area (TPSA) is 60.1 Å². The van der Waals surface area contributed by atoms with E-state index in [0.717, 1.165) is 22.0 Å². The second-order valence-corrected chi connectivity index (χ2v) is 5.69. The smallest absolute Gasteiger partial charge is 0.225 e. The molecule has 0 saturated heterocycles. The molecule has 0 fully saturated rings. The molecule has 0 spiro atoms. The lowest BCUT2D eigenvalue weighted by Crippen LogP contribution is -2.24. The Labute approximate surface area is 126 Å². The molecule has 0 aliphatic carbocycles. The van der Waals surface area contributed by atoms with E-state index in [-0.39, 0.29) is 5.91 Å². The van der Waals surface area contributed by atoms with Gasteiger partial charge in [0.05, 0.1) is 24.9 Å². The summed E-state index contributed by atoms with van der Waals surface area (Å²) in [5, 5.41) is 9.23. The Kier molecular flexibility index (Phi) is 3.87. The van der Waals surface area contributed by atoms with Crippen LogP contribution < -0.4 is 5.32 Å². The number of furan rings is 1. The lowest BCUT2D eigenvalue weighted by atomic mass is 10.3. The summed E-state index contributed by atoms with van der Waals surface area (Å²) in [5.74, 6) is 0.767. The highest BCUT2D eigenvalue weighted by molar-refractivity contribution is 7.10. The molecule has 0 aliphatic rings. The standard InChI is InChI=1S/C15H15N3O2S/c1-18-13(14-5-2-6-20-14)8-11(17-18)10-16-15(19)9-12-4-3-7-21-12/h2-8H,9-10H2,1H3,(H,16,19). The highest BCUT2D eigenvalue weighted by Gasteiger charge is 2.11. The molecule has 0 radical (unpaired) electrons. The number of thiophene rings is 1. The molecule has 0 aromatic carbocycles. The van der Waals surface area contributed by atoms with E-state index in [1.54, 1.807) is 22.3 Å². The maximum atomic E-state index is 11.8. The van der Waals surface area contributed by atoms with E-state index in [2.05, 4.69) is 10.4 Å². The maximum absolute atomic E-state index is 11.8. The SMILES string of the molecule is Cn1nc(CNC(=O)Cc2cccs2)cc1-c1ccco1. The highest BCUT2D eigenvalue weighted by atomic mass is 32.1. The van der Waals surface area contributed by atoms with Crippen molar-refractivity contribution in [3.63, 3.8) is 0 Å². The molecular formula is C15H15N3O2S. The molecule has 108 valence electrons. The molecule has 0 atom stereocenters. The van der Waals surface area contributed by atoms with Crippen molar-refractivity contribution in [1.82, 2.24) is 15.1 Å². The van der Waals surface area contributed by atoms with E-state index < -0.39 is 0 Å². The van der Waals surface area contributed by atoms with Crippen LogP contribution >= 0.6 is 11.3 Å². The Balaban J connectivity index is 1.61. The summed E-state index contributed by atoms with van der Waals surface area (Å²) in [7, 11) is 1.86. The summed E-state index contributed by atoms with van der Waals surface area (Å²) < 4.78 is 7.11. The molecular weight excluding hydrogens is 286 g/mol. The predicted molar refractivity (Wildman–Crippen MR) is 80.8 cm³/mol. The predicted octanol–water partition coefficient (Wildman–Crippen LogP) is 2.60. The summed E-state index contributed by atoms with van der Waals surface area (Å²) in [6.07, 6.45) is 2.04. The van der Waals surface area contributed by atoms with Gasteiger partial charge in [0.2, 0.25) is 5.91 Å². The summed E-state index contributed by atoms with van der Waals surface area (Å²) >= 11 is 1.58. The Morgan fingerprint density at radius 1 is 1.43 bits per heavy atom. The van der Waals surface area contributed by atoms with Gasteiger partial charge in [0.25, 0.3) is 0 Å². The van der Waals surface area contributed by atoms with E-state index in [1.807, 2.05) is 42.8 Å². The second-order valence-electron chi connectivity index (χ2n) is 4.65. The molecule has 5 nitrogen and oxygen atoms in total. The van der Waals surface area contributed by atoms with Crippen LogP contribution in [0, 0.1) is 0 Å². The lowest BCUT2D eigenvalue weighted by molar-refractivity contribution is -0.120. The van der Waals surface area contributed by atoms with Gasteiger partial charge in [-0.3, -0.25) is 9.48 Å². The van der Waals surface area contributed by atoms with Crippen molar-refractivity contribution in [2.45, 2.75) is 13.0 Å². The number of hydrogen-bond donors (Lipinski definition) is 1. The minimum atomic E-state index is 0.00246. The molecule has 0 bridgehead atoms. The second kappa shape index (κ2) is 5.97. The quantitative estimate of drug-likeness (QED) is 0.788. The van der Waals surface area contributed by atoms with Crippen LogP contribution in [0.1, 0.15) is 10.6 Å². The molecule has 3 rings (SSSR count). The average molecular weight is 301 g/mol. The van der Waals surface area contributed by atoms with Crippen LogP contribution in [-0.2, 0) is 24.8 Å². The van der Waals surface area contributed by atoms with Crippen LogP contribution in [-0.4, -0.2) is 15.7 Å². The van der Waals surface area contributed by atoms with Crippen molar-refractivity contribution in [3.05, 3.63) is 52.5 Å². The monoisotopic (exact) mass is 301 g/mol. The lowest BCUT2D eigenvalue weighted by Gasteiger charge is -2.01. The molecule has 3 aromatic heterocycles. The average Bonchev–Trinajstić information content (AvgIpc) is 3.17. The Bertz CT molecular complexity index is 714. The van der Waals surface area contributed by atoms with E-state index in [4.69, 9.17) is 4.42 Å². The molecule has 0 saturated carbocycles. The molecule has 6 heteroatoms. The van der Waals surface area contributed by atoms with Gasteiger partial charge < -0.3 is 9.73 Å². The Morgan fingerprint density at radius 2 is 2.33 bits per heavy atom. The first-order chi connectivity index (χ1) is 10.2. The van der Waals surface area contributed by atoms with Crippen molar-refractivity contribution in [2.75, 3.05) is 0 Å². The van der Waals surface area contributed by atoms with Gasteiger partial charge in [-0.2, -0.15) is 5.10 Å². The van der Waals surface area contributed by atoms with E-state index in [0.29, 0.717) is 13.0 Å². The molecule has 0 unspecified atom stereocenters. The summed E-state index contributed by atoms with van der Waals surface area (Å²) in [5.41, 5.74) is 1.70. The minimum Gasteiger partial charge on any atom is -0.463 e. The van der Waals surface area contributed by atoms with Gasteiger partial charge >= 0.3 is 0 Å². The minimum absolute atomic E-state index is 0.00246. The molecule has 0 aliphatic heterocycles. The first-order valence-corrected chi connectivity index (χ1v) is 7.46. The highest BCUT2D eigenvalue weighted by Crippen LogP contribution is 2.20. The fourth-order valence-corrected chi connectivity index (χ4v) is 2.79. The number of hydrogen-bond acceptors (Lipinski definition) is 4.